The summed E-state index contributed by atoms with van der Waals surface area (Å²) in [6, 6.07) is 5.93. The van der Waals surface area contributed by atoms with Crippen molar-refractivity contribution < 1.29 is 9.59 Å². The summed E-state index contributed by atoms with van der Waals surface area (Å²) < 4.78 is 1.90. The standard InChI is InChI=1S/C24H34N4O2/c1-15-10-21-22(28(4)26-24(21)16(14-29)8-9-23(30)25-2)13-20(15)17-11-18-6-5-7-19(12-17)27(18)3/h10,13-14,16-19H,5-9,11-12H2,1-4H3,(H,25,30). The fourth-order valence-electron chi connectivity index (χ4n) is 5.72. The third-order valence-electron chi connectivity index (χ3n) is 7.52. The maximum atomic E-state index is 11.8. The van der Waals surface area contributed by atoms with Crippen molar-refractivity contribution in [1.82, 2.24) is 20.0 Å². The van der Waals surface area contributed by atoms with Gasteiger partial charge in [-0.3, -0.25) is 9.48 Å². The smallest absolute Gasteiger partial charge is 0.219 e. The van der Waals surface area contributed by atoms with Crippen LogP contribution < -0.4 is 5.32 Å². The minimum Gasteiger partial charge on any atom is -0.359 e. The zero-order valence-corrected chi connectivity index (χ0v) is 18.6. The van der Waals surface area contributed by atoms with Crippen LogP contribution in [0, 0.1) is 6.92 Å². The molecule has 1 N–H and O–H groups in total. The quantitative estimate of drug-likeness (QED) is 0.741. The lowest BCUT2D eigenvalue weighted by atomic mass is 9.75. The van der Waals surface area contributed by atoms with Crippen LogP contribution >= 0.6 is 0 Å². The lowest BCUT2D eigenvalue weighted by molar-refractivity contribution is -0.120. The van der Waals surface area contributed by atoms with Gasteiger partial charge in [-0.1, -0.05) is 6.42 Å². The van der Waals surface area contributed by atoms with Gasteiger partial charge in [0.15, 0.2) is 0 Å². The molecular weight excluding hydrogens is 376 g/mol. The van der Waals surface area contributed by atoms with Crippen molar-refractivity contribution >= 4 is 23.1 Å². The predicted octanol–water partition coefficient (Wildman–Crippen LogP) is 3.42. The average molecular weight is 411 g/mol. The van der Waals surface area contributed by atoms with Crippen molar-refractivity contribution in [2.45, 2.75) is 75.8 Å². The molecule has 2 aromatic rings. The monoisotopic (exact) mass is 410 g/mol. The predicted molar refractivity (Wildman–Crippen MR) is 119 cm³/mol. The number of fused-ring (bicyclic) bond motifs is 3. The van der Waals surface area contributed by atoms with Crippen molar-refractivity contribution in [3.05, 3.63) is 29.0 Å². The van der Waals surface area contributed by atoms with E-state index in [9.17, 15) is 9.59 Å². The van der Waals surface area contributed by atoms with Crippen LogP contribution in [-0.4, -0.2) is 53.1 Å². The topological polar surface area (TPSA) is 67.2 Å². The Bertz CT molecular complexity index is 936. The number of carbonyl (C=O) groups excluding carboxylic acids is 2. The summed E-state index contributed by atoms with van der Waals surface area (Å²) in [5.41, 5.74) is 4.61. The number of aromatic nitrogens is 2. The van der Waals surface area contributed by atoms with Gasteiger partial charge in [-0.05, 0) is 75.3 Å². The molecule has 2 saturated heterocycles. The SMILES string of the molecule is CNC(=O)CCC(C=O)c1nn(C)c2cc(C3CC4CCCC(C3)N4C)c(C)cc12. The molecule has 162 valence electrons. The third kappa shape index (κ3) is 3.78. The van der Waals surface area contributed by atoms with Gasteiger partial charge in [0, 0.05) is 38.0 Å². The summed E-state index contributed by atoms with van der Waals surface area (Å²) in [7, 11) is 5.87. The molecule has 0 spiro atoms. The maximum Gasteiger partial charge on any atom is 0.219 e. The molecule has 1 aromatic carbocycles. The van der Waals surface area contributed by atoms with E-state index in [1.807, 2.05) is 11.7 Å². The number of aldehydes is 1. The lowest BCUT2D eigenvalue weighted by Crippen LogP contribution is -2.49. The van der Waals surface area contributed by atoms with Gasteiger partial charge in [-0.25, -0.2) is 0 Å². The molecule has 1 aromatic heterocycles. The van der Waals surface area contributed by atoms with E-state index in [0.717, 1.165) is 22.9 Å². The number of hydrogen-bond acceptors (Lipinski definition) is 4. The largest absolute Gasteiger partial charge is 0.359 e. The highest BCUT2D eigenvalue weighted by molar-refractivity contribution is 5.87. The number of piperidine rings is 2. The van der Waals surface area contributed by atoms with Crippen LogP contribution in [0.4, 0.5) is 0 Å². The molecule has 30 heavy (non-hydrogen) atoms. The van der Waals surface area contributed by atoms with Gasteiger partial charge in [0.05, 0.1) is 17.1 Å². The second-order valence-electron chi connectivity index (χ2n) is 9.26. The molecular formula is C24H34N4O2. The molecule has 4 rings (SSSR count). The number of aryl methyl sites for hydroxylation is 2. The van der Waals surface area contributed by atoms with Gasteiger partial charge in [0.25, 0.3) is 0 Å². The minimum atomic E-state index is -0.362. The lowest BCUT2D eigenvalue weighted by Gasteiger charge is -2.47. The van der Waals surface area contributed by atoms with Gasteiger partial charge >= 0.3 is 0 Å². The Balaban J connectivity index is 1.65. The number of benzene rings is 1. The second kappa shape index (κ2) is 8.50. The van der Waals surface area contributed by atoms with Crippen LogP contribution in [0.5, 0.6) is 0 Å². The van der Waals surface area contributed by atoms with Gasteiger partial charge in [0.2, 0.25) is 5.91 Å². The van der Waals surface area contributed by atoms with Gasteiger partial charge in [-0.15, -0.1) is 0 Å². The molecule has 6 nitrogen and oxygen atoms in total. The molecule has 3 heterocycles. The average Bonchev–Trinajstić information content (AvgIpc) is 3.03. The summed E-state index contributed by atoms with van der Waals surface area (Å²) in [6.07, 6.45) is 8.19. The molecule has 6 heteroatoms. The maximum absolute atomic E-state index is 11.8. The number of hydrogen-bond donors (Lipinski definition) is 1. The second-order valence-corrected chi connectivity index (χ2v) is 9.26. The highest BCUT2D eigenvalue weighted by Gasteiger charge is 2.37. The van der Waals surface area contributed by atoms with Gasteiger partial charge in [0.1, 0.15) is 6.29 Å². The molecule has 2 fully saturated rings. The number of nitrogens with one attached hydrogen (secondary N) is 1. The fourth-order valence-corrected chi connectivity index (χ4v) is 5.72. The van der Waals surface area contributed by atoms with Crippen LogP contribution in [-0.2, 0) is 16.6 Å². The molecule has 3 atom stereocenters. The summed E-state index contributed by atoms with van der Waals surface area (Å²) in [5.74, 6) is 0.182. The minimum absolute atomic E-state index is 0.0478. The Hall–Kier alpha value is -2.21. The summed E-state index contributed by atoms with van der Waals surface area (Å²) in [4.78, 5) is 26.1. The first-order valence-electron chi connectivity index (χ1n) is 11.3. The van der Waals surface area contributed by atoms with E-state index >= 15 is 0 Å². The first kappa shape index (κ1) is 21.0. The normalized spacial score (nSPS) is 25.3. The summed E-state index contributed by atoms with van der Waals surface area (Å²) >= 11 is 0. The number of rotatable bonds is 6. The highest BCUT2D eigenvalue weighted by Crippen LogP contribution is 2.42. The molecule has 2 aliphatic rings. The van der Waals surface area contributed by atoms with Crippen molar-refractivity contribution in [2.75, 3.05) is 14.1 Å². The van der Waals surface area contributed by atoms with Crippen LogP contribution in [0.25, 0.3) is 10.9 Å². The van der Waals surface area contributed by atoms with Crippen molar-refractivity contribution in [1.29, 1.82) is 0 Å². The Kier molecular flexibility index (Phi) is 5.96. The van der Waals surface area contributed by atoms with E-state index in [-0.39, 0.29) is 11.8 Å². The van der Waals surface area contributed by atoms with E-state index in [0.29, 0.717) is 30.8 Å². The highest BCUT2D eigenvalue weighted by atomic mass is 16.1. The van der Waals surface area contributed by atoms with E-state index in [1.54, 1.807) is 7.05 Å². The van der Waals surface area contributed by atoms with E-state index in [4.69, 9.17) is 5.10 Å². The van der Waals surface area contributed by atoms with Crippen LogP contribution in [0.3, 0.4) is 0 Å². The molecule has 1 amide bonds. The molecule has 2 bridgehead atoms. The number of nitrogens with zero attached hydrogens (tertiary/aromatic N) is 3. The fraction of sp³-hybridized carbons (Fsp3) is 0.625. The molecule has 0 radical (unpaired) electrons. The van der Waals surface area contributed by atoms with Gasteiger partial charge < -0.3 is 15.0 Å². The Morgan fingerprint density at radius 2 is 1.97 bits per heavy atom. The van der Waals surface area contributed by atoms with E-state index in [1.165, 1.54) is 43.2 Å². The molecule has 0 aliphatic carbocycles. The third-order valence-corrected chi connectivity index (χ3v) is 7.52. The van der Waals surface area contributed by atoms with Crippen molar-refractivity contribution in [2.24, 2.45) is 7.05 Å². The molecule has 3 unspecified atom stereocenters. The number of carbonyl (C=O) groups is 2. The van der Waals surface area contributed by atoms with Crippen LogP contribution in [0.2, 0.25) is 0 Å². The van der Waals surface area contributed by atoms with Crippen LogP contribution in [0.15, 0.2) is 12.1 Å². The van der Waals surface area contributed by atoms with Crippen molar-refractivity contribution in [3.63, 3.8) is 0 Å². The molecule has 2 aliphatic heterocycles. The van der Waals surface area contributed by atoms with Gasteiger partial charge in [-0.2, -0.15) is 5.10 Å². The van der Waals surface area contributed by atoms with Crippen molar-refractivity contribution in [3.8, 4) is 0 Å². The zero-order valence-electron chi connectivity index (χ0n) is 18.6. The first-order valence-corrected chi connectivity index (χ1v) is 11.3. The molecule has 0 saturated carbocycles. The number of amides is 1. The Labute approximate surface area is 179 Å². The van der Waals surface area contributed by atoms with Crippen LogP contribution in [0.1, 0.15) is 73.6 Å². The first-order chi connectivity index (χ1) is 14.4. The Morgan fingerprint density at radius 1 is 1.27 bits per heavy atom. The zero-order chi connectivity index (χ0) is 21.4. The van der Waals surface area contributed by atoms with E-state index < -0.39 is 0 Å². The Morgan fingerprint density at radius 3 is 2.60 bits per heavy atom. The summed E-state index contributed by atoms with van der Waals surface area (Å²) in [6.45, 7) is 2.19. The summed E-state index contributed by atoms with van der Waals surface area (Å²) in [5, 5.41) is 8.38. The van der Waals surface area contributed by atoms with E-state index in [2.05, 4.69) is 36.3 Å².